The lowest BCUT2D eigenvalue weighted by Crippen LogP contribution is -2.65. The predicted molar refractivity (Wildman–Crippen MR) is 371 cm³/mol. The third kappa shape index (κ3) is 19.4. The molecule has 2 saturated carbocycles. The number of carbonyl (C=O) groups is 12. The van der Waals surface area contributed by atoms with Crippen LogP contribution < -0.4 is 16.0 Å². The fourth-order valence-corrected chi connectivity index (χ4v) is 15.6. The molecule has 1 aromatic rings. The Morgan fingerprint density at radius 1 is 0.663 bits per heavy atom. The highest BCUT2D eigenvalue weighted by Gasteiger charge is 2.52. The van der Waals surface area contributed by atoms with Crippen molar-refractivity contribution in [3.8, 4) is 0 Å². The highest BCUT2D eigenvalue weighted by Crippen LogP contribution is 2.38. The van der Waals surface area contributed by atoms with Gasteiger partial charge in [0.2, 0.25) is 70.9 Å². The quantitative estimate of drug-likeness (QED) is 0.209. The lowest BCUT2D eigenvalue weighted by molar-refractivity contribution is -0.160. The molecule has 29 heteroatoms. The van der Waals surface area contributed by atoms with Gasteiger partial charge < -0.3 is 64.8 Å². The third-order valence-corrected chi connectivity index (χ3v) is 22.4. The van der Waals surface area contributed by atoms with Crippen molar-refractivity contribution in [1.82, 2.24) is 60.0 Å². The molecule has 12 amide bonds. The van der Waals surface area contributed by atoms with Crippen LogP contribution in [0.25, 0.3) is 0 Å². The molecule has 6 aliphatic rings. The number of hydrogen-bond acceptors (Lipinski definition) is 13. The second kappa shape index (κ2) is 35.9. The number of aryl methyl sites for hydroxylation is 1. The van der Waals surface area contributed by atoms with Crippen LogP contribution in [0.15, 0.2) is 18.2 Å². The minimum atomic E-state index is -4.76. The van der Waals surface area contributed by atoms with Crippen molar-refractivity contribution in [2.45, 2.75) is 242 Å². The predicted octanol–water partition coefficient (Wildman–Crippen LogP) is 5.41. The Morgan fingerprint density at radius 3 is 1.90 bits per heavy atom. The van der Waals surface area contributed by atoms with E-state index in [2.05, 4.69) is 16.0 Å². The van der Waals surface area contributed by atoms with Crippen molar-refractivity contribution >= 4 is 82.5 Å². The first-order chi connectivity index (χ1) is 47.7. The molecule has 1 spiro atoms. The SMILES string of the molecule is CCCOC[C@H]1C(=O)N[C@@H]([C@@H](C)CC)C(=O)N(C)[C@@H](C)C(=O)N2CC[C@H]2C(=O)N(C)[C@@H](CC2CCCCC2)C(=O)N(C)CC(=O)N[C@@H](CCc2ccc(C(F)(F)F)c(Cl)c2)C(=O)N2CCC[C@H]2C(=O)NC2(CCCC2)C(=O)N(C)[C@@H](C(C)C)C(=O)N(C)[C@H](C(=O)N2CCCCC2)CC(=O)N1C. The van der Waals surface area contributed by atoms with Crippen molar-refractivity contribution in [2.24, 2.45) is 17.8 Å². The summed E-state index contributed by atoms with van der Waals surface area (Å²) in [7, 11) is 8.49. The molecule has 25 nitrogen and oxygen atoms in total. The van der Waals surface area contributed by atoms with Gasteiger partial charge in [-0.15, -0.1) is 0 Å². The van der Waals surface area contributed by atoms with E-state index in [1.165, 1.54) is 84.7 Å². The molecule has 4 saturated heterocycles. The van der Waals surface area contributed by atoms with Crippen LogP contribution in [0.5, 0.6) is 0 Å². The molecule has 4 aliphatic heterocycles. The van der Waals surface area contributed by atoms with Crippen LogP contribution in [-0.4, -0.2) is 263 Å². The summed E-state index contributed by atoms with van der Waals surface area (Å²) >= 11 is 6.16. The summed E-state index contributed by atoms with van der Waals surface area (Å²) in [6.45, 7) is 10.5. The molecule has 0 aromatic heterocycles. The van der Waals surface area contributed by atoms with Crippen molar-refractivity contribution in [3.63, 3.8) is 0 Å². The van der Waals surface area contributed by atoms with Crippen molar-refractivity contribution < 1.29 is 75.4 Å². The number of likely N-dealkylation sites (N-methyl/N-ethyl adjacent to an activating group) is 6. The van der Waals surface area contributed by atoms with E-state index < -0.39 is 172 Å². The summed E-state index contributed by atoms with van der Waals surface area (Å²) in [5, 5.41) is 8.09. The molecule has 0 radical (unpaired) electrons. The number of fused-ring (bicyclic) bond motifs is 2. The Kier molecular flexibility index (Phi) is 28.8. The number of hydrogen-bond donors (Lipinski definition) is 3. The molecule has 564 valence electrons. The fourth-order valence-electron chi connectivity index (χ4n) is 15.3. The van der Waals surface area contributed by atoms with Crippen LogP contribution in [0.3, 0.4) is 0 Å². The third-order valence-electron chi connectivity index (χ3n) is 22.1. The average Bonchev–Trinajstić information content (AvgIpc) is 1.43. The highest BCUT2D eigenvalue weighted by atomic mass is 35.5. The summed E-state index contributed by atoms with van der Waals surface area (Å²) in [5.41, 5.74) is -2.37. The van der Waals surface area contributed by atoms with Crippen LogP contribution in [0.4, 0.5) is 13.2 Å². The van der Waals surface area contributed by atoms with Crippen molar-refractivity contribution in [2.75, 3.05) is 88.2 Å². The van der Waals surface area contributed by atoms with Gasteiger partial charge >= 0.3 is 6.18 Å². The van der Waals surface area contributed by atoms with Gasteiger partial charge in [-0.1, -0.05) is 104 Å². The smallest absolute Gasteiger partial charge is 0.379 e. The van der Waals surface area contributed by atoms with E-state index in [9.17, 15) is 46.7 Å². The molecule has 6 fully saturated rings. The van der Waals surface area contributed by atoms with Gasteiger partial charge in [0.15, 0.2) is 0 Å². The number of carbonyl (C=O) groups excluding carboxylic acids is 12. The number of halogens is 4. The maximum Gasteiger partial charge on any atom is 0.417 e. The lowest BCUT2D eigenvalue weighted by atomic mass is 9.84. The summed E-state index contributed by atoms with van der Waals surface area (Å²) in [6.07, 6.45) is 3.99. The number of ether oxygens (including phenoxy) is 1. The van der Waals surface area contributed by atoms with Gasteiger partial charge in [0.25, 0.3) is 0 Å². The minimum Gasteiger partial charge on any atom is -0.379 e. The Morgan fingerprint density at radius 2 is 1.31 bits per heavy atom. The van der Waals surface area contributed by atoms with Crippen LogP contribution in [0.2, 0.25) is 5.02 Å². The first-order valence-corrected chi connectivity index (χ1v) is 36.9. The van der Waals surface area contributed by atoms with Crippen LogP contribution in [-0.2, 0) is 74.9 Å². The van der Waals surface area contributed by atoms with Gasteiger partial charge in [-0.05, 0) is 119 Å². The van der Waals surface area contributed by atoms with E-state index in [4.69, 9.17) is 16.3 Å². The van der Waals surface area contributed by atoms with Gasteiger partial charge in [-0.25, -0.2) is 0 Å². The van der Waals surface area contributed by atoms with Crippen LogP contribution >= 0.6 is 11.6 Å². The van der Waals surface area contributed by atoms with Gasteiger partial charge in [0.1, 0.15) is 59.9 Å². The molecular formula is C72H110ClF3N12O13. The van der Waals surface area contributed by atoms with Crippen molar-refractivity contribution in [1.29, 1.82) is 0 Å². The van der Waals surface area contributed by atoms with Crippen LogP contribution in [0.1, 0.15) is 181 Å². The largest absolute Gasteiger partial charge is 0.417 e. The van der Waals surface area contributed by atoms with E-state index in [0.29, 0.717) is 63.6 Å². The molecular weight excluding hydrogens is 1330 g/mol. The van der Waals surface area contributed by atoms with E-state index in [1.807, 2.05) is 13.8 Å². The van der Waals surface area contributed by atoms with Gasteiger partial charge in [0.05, 0.1) is 30.2 Å². The summed E-state index contributed by atoms with van der Waals surface area (Å²) in [6, 6.07) is -8.19. The molecule has 0 bridgehead atoms. The highest BCUT2D eigenvalue weighted by molar-refractivity contribution is 6.31. The van der Waals surface area contributed by atoms with E-state index in [-0.39, 0.29) is 77.2 Å². The molecule has 10 atom stereocenters. The number of benzene rings is 1. The number of piperidine rings is 1. The first-order valence-electron chi connectivity index (χ1n) is 36.5. The zero-order chi connectivity index (χ0) is 74.5. The zero-order valence-electron chi connectivity index (χ0n) is 61.3. The number of nitrogens with one attached hydrogen (secondary N) is 3. The molecule has 3 N–H and O–H groups in total. The monoisotopic (exact) mass is 1440 g/mol. The number of likely N-dealkylation sites (tertiary alicyclic amines) is 1. The van der Waals surface area contributed by atoms with E-state index in [1.54, 1.807) is 25.7 Å². The lowest BCUT2D eigenvalue weighted by Gasteiger charge is -2.45. The first kappa shape index (κ1) is 81.2. The molecule has 0 unspecified atom stereocenters. The van der Waals surface area contributed by atoms with Crippen molar-refractivity contribution in [3.05, 3.63) is 34.3 Å². The Bertz CT molecular complexity index is 3160. The summed E-state index contributed by atoms with van der Waals surface area (Å²) in [5.74, 6) is -9.07. The van der Waals surface area contributed by atoms with Gasteiger partial charge in [-0.2, -0.15) is 13.2 Å². The molecule has 1 aromatic carbocycles. The number of alkyl halides is 3. The average molecular weight is 1440 g/mol. The number of rotatable bonds is 13. The number of nitrogens with zero attached hydrogens (tertiary/aromatic N) is 9. The minimum absolute atomic E-state index is 0.0169. The maximum atomic E-state index is 15.4. The van der Waals surface area contributed by atoms with Gasteiger partial charge in [0, 0.05) is 75.1 Å². The van der Waals surface area contributed by atoms with Gasteiger partial charge in [-0.3, -0.25) is 57.5 Å². The molecule has 2 aliphatic carbocycles. The number of amides is 12. The molecule has 4 heterocycles. The zero-order valence-corrected chi connectivity index (χ0v) is 62.1. The Balaban J connectivity index is 1.29. The standard InChI is InChI=1S/C72H110ClF3N12O13/c1-13-38-101-43-56-61(91)78-59(45(5)14-2)68(98)81(8)46(6)63(93)88-37-31-53(88)66(96)83(10)54(40-47-24-17-15-18-25-47)65(95)80(7)42-57(89)77-51(30-28-48-27-29-49(50(73)39-48)72(74,75)76)64(94)87-36-23-26-52(87)62(92)79-71(32-19-20-33-71)70(100)85(12)60(44(3)4)69(99)84(11)55(41-58(90)82(56)9)67(97)86-34-21-16-22-35-86/h27,29,39,44-47,51-56,59-60H,13-26,28,30-38,40-43H2,1-12H3,(H,77,89)(H,78,91)(H,79,92)/t45-,46-,51-,52-,53-,54-,55-,56-,59-,60-/m0/s1. The molecule has 7 rings (SSSR count). The summed E-state index contributed by atoms with van der Waals surface area (Å²) in [4.78, 5) is 191. The summed E-state index contributed by atoms with van der Waals surface area (Å²) < 4.78 is 47.6. The second-order valence-corrected chi connectivity index (χ2v) is 29.8. The normalized spacial score (nSPS) is 27.6. The van der Waals surface area contributed by atoms with E-state index >= 15 is 24.0 Å². The fraction of sp³-hybridized carbons (Fsp3) is 0.750. The van der Waals surface area contributed by atoms with E-state index in [0.717, 1.165) is 60.5 Å². The second-order valence-electron chi connectivity index (χ2n) is 29.4. The maximum absolute atomic E-state index is 15.4. The van der Waals surface area contributed by atoms with Crippen LogP contribution in [0, 0.1) is 17.8 Å². The Labute approximate surface area is 598 Å². The topological polar surface area (TPSA) is 279 Å². The molecule has 101 heavy (non-hydrogen) atoms. The Hall–Kier alpha value is -7.10.